The van der Waals surface area contributed by atoms with E-state index in [1.165, 1.54) is 17.4 Å². The van der Waals surface area contributed by atoms with Gasteiger partial charge in [-0.15, -0.1) is 11.3 Å². The smallest absolute Gasteiger partial charge is 0.363 e. The molecule has 1 aliphatic carbocycles. The largest absolute Gasteiger partial charge is 0.410 e. The number of nitrogens with zero attached hydrogens (tertiary/aromatic N) is 3. The lowest BCUT2D eigenvalue weighted by atomic mass is 9.96. The molecule has 2 N–H and O–H groups in total. The Labute approximate surface area is 192 Å². The van der Waals surface area contributed by atoms with E-state index in [4.69, 9.17) is 0 Å². The van der Waals surface area contributed by atoms with Crippen molar-refractivity contribution >= 4 is 28.1 Å². The van der Waals surface area contributed by atoms with Gasteiger partial charge in [0.2, 0.25) is 0 Å². The second-order valence-corrected chi connectivity index (χ2v) is 9.35. The van der Waals surface area contributed by atoms with E-state index in [1.807, 2.05) is 0 Å². The average molecular weight is 472 g/mol. The van der Waals surface area contributed by atoms with Gasteiger partial charge in [-0.05, 0) is 36.8 Å². The first-order valence-electron chi connectivity index (χ1n) is 10.7. The molecular formula is C23H20F3N5OS. The Morgan fingerprint density at radius 3 is 2.73 bits per heavy atom. The number of thiophene rings is 1. The second kappa shape index (κ2) is 8.23. The van der Waals surface area contributed by atoms with Crippen LogP contribution in [0.2, 0.25) is 0 Å². The zero-order valence-corrected chi connectivity index (χ0v) is 18.3. The summed E-state index contributed by atoms with van der Waals surface area (Å²) in [6.07, 6.45) is -1.08. The molecule has 33 heavy (non-hydrogen) atoms. The topological polar surface area (TPSA) is 82.7 Å². The Hall–Kier alpha value is -3.32. The van der Waals surface area contributed by atoms with Crippen LogP contribution in [-0.2, 0) is 12.8 Å². The molecule has 1 aliphatic heterocycles. The minimum atomic E-state index is -4.52. The van der Waals surface area contributed by atoms with Crippen LogP contribution in [-0.4, -0.2) is 21.9 Å². The van der Waals surface area contributed by atoms with Crippen LogP contribution in [0.15, 0.2) is 36.4 Å². The number of anilines is 2. The zero-order valence-electron chi connectivity index (χ0n) is 17.4. The second-order valence-electron chi connectivity index (χ2n) is 8.24. The number of carbonyl (C=O) groups is 1. The van der Waals surface area contributed by atoms with E-state index in [-0.39, 0.29) is 17.9 Å². The summed E-state index contributed by atoms with van der Waals surface area (Å²) in [7, 11) is 0. The van der Waals surface area contributed by atoms with Crippen molar-refractivity contribution in [2.24, 2.45) is 0 Å². The van der Waals surface area contributed by atoms with E-state index in [2.05, 4.69) is 21.8 Å². The molecule has 0 radical (unpaired) electrons. The zero-order chi connectivity index (χ0) is 23.2. The number of nitrogens with one attached hydrogen (secondary N) is 2. The molecule has 3 heterocycles. The van der Waals surface area contributed by atoms with Crippen LogP contribution in [0.1, 0.15) is 63.4 Å². The van der Waals surface area contributed by atoms with Crippen molar-refractivity contribution in [2.75, 3.05) is 10.6 Å². The lowest BCUT2D eigenvalue weighted by Crippen LogP contribution is -2.35. The van der Waals surface area contributed by atoms with Crippen molar-refractivity contribution in [3.8, 4) is 6.07 Å². The molecule has 5 rings (SSSR count). The number of alkyl halides is 3. The molecule has 0 saturated carbocycles. The lowest BCUT2D eigenvalue weighted by molar-refractivity contribution is -0.173. The third-order valence-electron chi connectivity index (χ3n) is 6.13. The first kappa shape index (κ1) is 21.5. The van der Waals surface area contributed by atoms with Gasteiger partial charge in [0.15, 0.2) is 11.7 Å². The number of amides is 1. The maximum Gasteiger partial charge on any atom is 0.410 e. The normalized spacial score (nSPS) is 19.7. The quantitative estimate of drug-likeness (QED) is 0.520. The first-order valence-corrected chi connectivity index (χ1v) is 11.5. The van der Waals surface area contributed by atoms with Gasteiger partial charge >= 0.3 is 6.18 Å². The van der Waals surface area contributed by atoms with Gasteiger partial charge in [0.05, 0.1) is 11.6 Å². The lowest BCUT2D eigenvalue weighted by Gasteiger charge is -2.33. The van der Waals surface area contributed by atoms with E-state index < -0.39 is 24.2 Å². The van der Waals surface area contributed by atoms with Gasteiger partial charge in [-0.3, -0.25) is 4.79 Å². The number of carbonyl (C=O) groups excluding carboxylic acids is 1. The molecular weight excluding hydrogens is 451 g/mol. The maximum atomic E-state index is 13.9. The summed E-state index contributed by atoms with van der Waals surface area (Å²) in [5.41, 5.74) is 2.02. The van der Waals surface area contributed by atoms with Gasteiger partial charge in [-0.1, -0.05) is 30.3 Å². The minimum Gasteiger partial charge on any atom is -0.363 e. The SMILES string of the molecule is N#Cc1c(NC(=O)c2cc3n(n2)[C@H](C(F)(F)F)C[C@H](c2ccccc2)N3)sc2c1CCCC2. The van der Waals surface area contributed by atoms with E-state index in [0.29, 0.717) is 10.6 Å². The number of hydrogen-bond acceptors (Lipinski definition) is 5. The molecule has 170 valence electrons. The van der Waals surface area contributed by atoms with E-state index >= 15 is 0 Å². The monoisotopic (exact) mass is 471 g/mol. The molecule has 2 atom stereocenters. The van der Waals surface area contributed by atoms with Gasteiger partial charge in [0.25, 0.3) is 5.91 Å². The van der Waals surface area contributed by atoms with Gasteiger partial charge in [0.1, 0.15) is 16.9 Å². The molecule has 0 saturated heterocycles. The minimum absolute atomic E-state index is 0.129. The van der Waals surface area contributed by atoms with Crippen LogP contribution in [0, 0.1) is 11.3 Å². The van der Waals surface area contributed by atoms with Crippen molar-refractivity contribution in [3.05, 3.63) is 63.7 Å². The van der Waals surface area contributed by atoms with Gasteiger partial charge < -0.3 is 10.6 Å². The fourth-order valence-electron chi connectivity index (χ4n) is 4.53. The summed E-state index contributed by atoms with van der Waals surface area (Å²) < 4.78 is 42.5. The number of halogens is 3. The molecule has 0 fully saturated rings. The highest BCUT2D eigenvalue weighted by Crippen LogP contribution is 2.44. The van der Waals surface area contributed by atoms with Crippen molar-refractivity contribution < 1.29 is 18.0 Å². The fraction of sp³-hybridized carbons (Fsp3) is 0.348. The van der Waals surface area contributed by atoms with E-state index in [1.54, 1.807) is 30.3 Å². The highest BCUT2D eigenvalue weighted by Gasteiger charge is 2.46. The van der Waals surface area contributed by atoms with E-state index in [0.717, 1.165) is 46.4 Å². The van der Waals surface area contributed by atoms with E-state index in [9.17, 15) is 23.2 Å². The molecule has 3 aromatic rings. The Morgan fingerprint density at radius 2 is 2.00 bits per heavy atom. The third-order valence-corrected chi connectivity index (χ3v) is 7.34. The van der Waals surface area contributed by atoms with Crippen molar-refractivity contribution in [2.45, 2.75) is 50.4 Å². The molecule has 1 aromatic carbocycles. The van der Waals surface area contributed by atoms with Crippen LogP contribution in [0.5, 0.6) is 0 Å². The molecule has 0 bridgehead atoms. The predicted octanol–water partition coefficient (Wildman–Crippen LogP) is 5.61. The summed E-state index contributed by atoms with van der Waals surface area (Å²) in [5, 5.41) is 19.8. The first-order chi connectivity index (χ1) is 15.8. The fourth-order valence-corrected chi connectivity index (χ4v) is 5.76. The van der Waals surface area contributed by atoms with Crippen LogP contribution in [0.3, 0.4) is 0 Å². The molecule has 10 heteroatoms. The summed E-state index contributed by atoms with van der Waals surface area (Å²) >= 11 is 1.36. The number of aromatic nitrogens is 2. The van der Waals surface area contributed by atoms with Gasteiger partial charge in [-0.2, -0.15) is 23.5 Å². The van der Waals surface area contributed by atoms with Crippen LogP contribution >= 0.6 is 11.3 Å². The molecule has 6 nitrogen and oxygen atoms in total. The van der Waals surface area contributed by atoms with Crippen molar-refractivity contribution in [3.63, 3.8) is 0 Å². The molecule has 2 aliphatic rings. The van der Waals surface area contributed by atoms with Crippen LogP contribution in [0.25, 0.3) is 0 Å². The predicted molar refractivity (Wildman–Crippen MR) is 118 cm³/mol. The molecule has 1 amide bonds. The summed E-state index contributed by atoms with van der Waals surface area (Å²) in [6.45, 7) is 0. The van der Waals surface area contributed by atoms with Crippen LogP contribution < -0.4 is 10.6 Å². The Morgan fingerprint density at radius 1 is 1.24 bits per heavy atom. The summed E-state index contributed by atoms with van der Waals surface area (Å²) in [6, 6.07) is 9.98. The van der Waals surface area contributed by atoms with Crippen molar-refractivity contribution in [1.82, 2.24) is 9.78 Å². The Kier molecular flexibility index (Phi) is 5.37. The number of nitriles is 1. The molecule has 2 aromatic heterocycles. The highest BCUT2D eigenvalue weighted by molar-refractivity contribution is 7.16. The molecule has 0 unspecified atom stereocenters. The van der Waals surface area contributed by atoms with Crippen molar-refractivity contribution in [1.29, 1.82) is 5.26 Å². The maximum absolute atomic E-state index is 13.9. The summed E-state index contributed by atoms with van der Waals surface area (Å²) in [5.74, 6) is -0.500. The summed E-state index contributed by atoms with van der Waals surface area (Å²) in [4.78, 5) is 14.0. The van der Waals surface area contributed by atoms with Gasteiger partial charge in [-0.25, -0.2) is 4.68 Å². The highest BCUT2D eigenvalue weighted by atomic mass is 32.1. The third kappa shape index (κ3) is 3.97. The number of benzene rings is 1. The average Bonchev–Trinajstić information content (AvgIpc) is 3.39. The number of rotatable bonds is 3. The number of hydrogen-bond donors (Lipinski definition) is 2. The number of aryl methyl sites for hydroxylation is 1. The van der Waals surface area contributed by atoms with Crippen LogP contribution in [0.4, 0.5) is 24.0 Å². The number of fused-ring (bicyclic) bond motifs is 2. The Balaban J connectivity index is 1.45. The standard InChI is InChI=1S/C23H20F3N5OS/c24-23(25,26)19-10-16(13-6-2-1-3-7-13)28-20-11-17(30-31(19)20)21(32)29-22-15(12-27)14-8-4-5-9-18(14)33-22/h1-3,6-7,11,16,19,28H,4-5,8-10H2,(H,29,32)/t16-,19+/m1/s1. The Bertz CT molecular complexity index is 1240. The molecule has 0 spiro atoms. The van der Waals surface area contributed by atoms with Gasteiger partial charge in [0, 0.05) is 17.4 Å².